The second kappa shape index (κ2) is 7.59. The van der Waals surface area contributed by atoms with Crippen molar-refractivity contribution >= 4 is 11.7 Å². The SMILES string of the molecule is CC(=O)c1cccc(O[C@@H](C)C(=O)N[C@H]2CCN(C(C)C)C2)c1. The molecule has 126 valence electrons. The van der Waals surface area contributed by atoms with Crippen molar-refractivity contribution in [2.45, 2.75) is 52.3 Å². The molecule has 0 bridgehead atoms. The molecule has 5 heteroatoms. The Morgan fingerprint density at radius 1 is 1.30 bits per heavy atom. The van der Waals surface area contributed by atoms with Crippen molar-refractivity contribution in [3.05, 3.63) is 29.8 Å². The molecule has 23 heavy (non-hydrogen) atoms. The minimum atomic E-state index is -0.592. The van der Waals surface area contributed by atoms with Crippen LogP contribution in [0.15, 0.2) is 24.3 Å². The van der Waals surface area contributed by atoms with Crippen molar-refractivity contribution in [3.63, 3.8) is 0 Å². The first-order valence-electron chi connectivity index (χ1n) is 8.19. The molecule has 1 heterocycles. The highest BCUT2D eigenvalue weighted by Gasteiger charge is 2.27. The highest BCUT2D eigenvalue weighted by atomic mass is 16.5. The van der Waals surface area contributed by atoms with Crippen LogP contribution in [0.25, 0.3) is 0 Å². The first-order chi connectivity index (χ1) is 10.9. The summed E-state index contributed by atoms with van der Waals surface area (Å²) in [5.74, 6) is 0.400. The smallest absolute Gasteiger partial charge is 0.261 e. The zero-order valence-electron chi connectivity index (χ0n) is 14.3. The van der Waals surface area contributed by atoms with Gasteiger partial charge in [-0.15, -0.1) is 0 Å². The number of benzene rings is 1. The molecule has 1 aliphatic rings. The molecule has 0 spiro atoms. The van der Waals surface area contributed by atoms with Gasteiger partial charge in [-0.1, -0.05) is 12.1 Å². The molecule has 1 aliphatic heterocycles. The molecule has 0 saturated carbocycles. The minimum Gasteiger partial charge on any atom is -0.481 e. The summed E-state index contributed by atoms with van der Waals surface area (Å²) in [5.41, 5.74) is 0.582. The maximum absolute atomic E-state index is 12.3. The van der Waals surface area contributed by atoms with Crippen LogP contribution in [0.1, 0.15) is 44.5 Å². The number of carbonyl (C=O) groups is 2. The fraction of sp³-hybridized carbons (Fsp3) is 0.556. The quantitative estimate of drug-likeness (QED) is 0.817. The number of carbonyl (C=O) groups excluding carboxylic acids is 2. The third-order valence-corrected chi connectivity index (χ3v) is 4.22. The molecule has 0 aliphatic carbocycles. The van der Waals surface area contributed by atoms with Crippen LogP contribution < -0.4 is 10.1 Å². The molecule has 0 aromatic heterocycles. The predicted octanol–water partition coefficient (Wildman–Crippen LogP) is 2.26. The molecule has 2 atom stereocenters. The lowest BCUT2D eigenvalue weighted by atomic mass is 10.1. The van der Waals surface area contributed by atoms with E-state index in [4.69, 9.17) is 4.74 Å². The molecule has 5 nitrogen and oxygen atoms in total. The van der Waals surface area contributed by atoms with Gasteiger partial charge >= 0.3 is 0 Å². The molecule has 1 aromatic carbocycles. The van der Waals surface area contributed by atoms with Gasteiger partial charge in [-0.2, -0.15) is 0 Å². The number of hydrogen-bond acceptors (Lipinski definition) is 4. The third kappa shape index (κ3) is 4.79. The fourth-order valence-corrected chi connectivity index (χ4v) is 2.74. The highest BCUT2D eigenvalue weighted by Crippen LogP contribution is 2.16. The second-order valence-electron chi connectivity index (χ2n) is 6.43. The summed E-state index contributed by atoms with van der Waals surface area (Å²) >= 11 is 0. The lowest BCUT2D eigenvalue weighted by molar-refractivity contribution is -0.127. The van der Waals surface area contributed by atoms with Gasteiger partial charge in [-0.05, 0) is 46.2 Å². The number of likely N-dealkylation sites (tertiary alicyclic amines) is 1. The summed E-state index contributed by atoms with van der Waals surface area (Å²) < 4.78 is 5.67. The van der Waals surface area contributed by atoms with Crippen molar-refractivity contribution in [1.29, 1.82) is 0 Å². The maximum Gasteiger partial charge on any atom is 0.261 e. The van der Waals surface area contributed by atoms with Crippen LogP contribution in [0.3, 0.4) is 0 Å². The predicted molar refractivity (Wildman–Crippen MR) is 89.8 cm³/mol. The van der Waals surface area contributed by atoms with Gasteiger partial charge in [0.15, 0.2) is 11.9 Å². The fourth-order valence-electron chi connectivity index (χ4n) is 2.74. The molecular weight excluding hydrogens is 292 g/mol. The van der Waals surface area contributed by atoms with E-state index in [1.807, 2.05) is 0 Å². The zero-order valence-corrected chi connectivity index (χ0v) is 14.3. The van der Waals surface area contributed by atoms with E-state index in [1.54, 1.807) is 31.2 Å². The van der Waals surface area contributed by atoms with Gasteiger partial charge in [0.25, 0.3) is 5.91 Å². The van der Waals surface area contributed by atoms with Crippen LogP contribution in [0.2, 0.25) is 0 Å². The lowest BCUT2D eigenvalue weighted by Gasteiger charge is -2.21. The summed E-state index contributed by atoms with van der Waals surface area (Å²) in [7, 11) is 0. The van der Waals surface area contributed by atoms with Crippen LogP contribution in [0.4, 0.5) is 0 Å². The standard InChI is InChI=1S/C18H26N2O3/c1-12(2)20-9-8-16(11-20)19-18(22)14(4)23-17-7-5-6-15(10-17)13(3)21/h5-7,10,12,14,16H,8-9,11H2,1-4H3,(H,19,22)/t14-,16-/m0/s1. The molecule has 1 fully saturated rings. The first-order valence-corrected chi connectivity index (χ1v) is 8.19. The van der Waals surface area contributed by atoms with E-state index in [1.165, 1.54) is 6.92 Å². The molecular formula is C18H26N2O3. The van der Waals surface area contributed by atoms with Gasteiger partial charge in [0, 0.05) is 30.7 Å². The Morgan fingerprint density at radius 2 is 2.04 bits per heavy atom. The monoisotopic (exact) mass is 318 g/mol. The van der Waals surface area contributed by atoms with E-state index < -0.39 is 6.10 Å². The second-order valence-corrected chi connectivity index (χ2v) is 6.43. The number of nitrogens with one attached hydrogen (secondary N) is 1. The summed E-state index contributed by atoms with van der Waals surface area (Å²) in [6.07, 6.45) is 0.376. The Labute approximate surface area is 138 Å². The average Bonchev–Trinajstić information content (AvgIpc) is 2.96. The van der Waals surface area contributed by atoms with Gasteiger partial charge in [0.2, 0.25) is 0 Å². The largest absolute Gasteiger partial charge is 0.481 e. The molecule has 0 unspecified atom stereocenters. The Kier molecular flexibility index (Phi) is 5.77. The van der Waals surface area contributed by atoms with Crippen molar-refractivity contribution < 1.29 is 14.3 Å². The van der Waals surface area contributed by atoms with E-state index in [9.17, 15) is 9.59 Å². The van der Waals surface area contributed by atoms with E-state index >= 15 is 0 Å². The summed E-state index contributed by atoms with van der Waals surface area (Å²) in [5, 5.41) is 3.05. The van der Waals surface area contributed by atoms with Crippen LogP contribution in [-0.2, 0) is 4.79 Å². The van der Waals surface area contributed by atoms with Crippen LogP contribution in [0, 0.1) is 0 Å². The summed E-state index contributed by atoms with van der Waals surface area (Å²) in [6.45, 7) is 9.46. The highest BCUT2D eigenvalue weighted by molar-refractivity contribution is 5.94. The van der Waals surface area contributed by atoms with Crippen LogP contribution in [-0.4, -0.2) is 47.9 Å². The van der Waals surface area contributed by atoms with Crippen molar-refractivity contribution in [2.24, 2.45) is 0 Å². The number of amides is 1. The number of ether oxygens (including phenoxy) is 1. The Hall–Kier alpha value is -1.88. The number of nitrogens with zero attached hydrogens (tertiary/aromatic N) is 1. The Morgan fingerprint density at radius 3 is 2.65 bits per heavy atom. The topological polar surface area (TPSA) is 58.6 Å². The molecule has 2 rings (SSSR count). The third-order valence-electron chi connectivity index (χ3n) is 4.22. The normalized spacial score (nSPS) is 19.6. The number of ketones is 1. The van der Waals surface area contributed by atoms with Crippen molar-refractivity contribution in [1.82, 2.24) is 10.2 Å². The van der Waals surface area contributed by atoms with Gasteiger partial charge in [0.1, 0.15) is 5.75 Å². The Bertz CT molecular complexity index is 571. The van der Waals surface area contributed by atoms with Crippen molar-refractivity contribution in [2.75, 3.05) is 13.1 Å². The minimum absolute atomic E-state index is 0.0210. The molecule has 1 N–H and O–H groups in total. The van der Waals surface area contributed by atoms with Crippen LogP contribution >= 0.6 is 0 Å². The van der Waals surface area contributed by atoms with E-state index in [0.29, 0.717) is 17.4 Å². The van der Waals surface area contributed by atoms with E-state index in [0.717, 1.165) is 19.5 Å². The van der Waals surface area contributed by atoms with Gasteiger partial charge < -0.3 is 10.1 Å². The lowest BCUT2D eigenvalue weighted by Crippen LogP contribution is -2.44. The number of hydrogen-bond donors (Lipinski definition) is 1. The summed E-state index contributed by atoms with van der Waals surface area (Å²) in [4.78, 5) is 26.0. The molecule has 1 aromatic rings. The molecule has 0 radical (unpaired) electrons. The zero-order chi connectivity index (χ0) is 17.0. The first kappa shape index (κ1) is 17.5. The van der Waals surface area contributed by atoms with Gasteiger partial charge in [-0.3, -0.25) is 14.5 Å². The van der Waals surface area contributed by atoms with Gasteiger partial charge in [-0.25, -0.2) is 0 Å². The van der Waals surface area contributed by atoms with Crippen LogP contribution in [0.5, 0.6) is 5.75 Å². The Balaban J connectivity index is 1.88. The number of rotatable bonds is 6. The van der Waals surface area contributed by atoms with E-state index in [2.05, 4.69) is 24.1 Å². The average molecular weight is 318 g/mol. The summed E-state index contributed by atoms with van der Waals surface area (Å²) in [6, 6.07) is 7.60. The maximum atomic E-state index is 12.3. The number of Topliss-reactive ketones (excluding diaryl/α,β-unsaturated/α-hetero) is 1. The molecule has 1 saturated heterocycles. The van der Waals surface area contributed by atoms with Crippen molar-refractivity contribution in [3.8, 4) is 5.75 Å². The molecule has 1 amide bonds. The van der Waals surface area contributed by atoms with E-state index in [-0.39, 0.29) is 17.7 Å². The van der Waals surface area contributed by atoms with Gasteiger partial charge in [0.05, 0.1) is 0 Å².